The first kappa shape index (κ1) is 24.8. The van der Waals surface area contributed by atoms with Crippen molar-refractivity contribution in [2.75, 3.05) is 28.1 Å². The maximum Gasteiger partial charge on any atom is 0.257 e. The van der Waals surface area contributed by atoms with E-state index < -0.39 is 9.84 Å². The van der Waals surface area contributed by atoms with Gasteiger partial charge in [-0.1, -0.05) is 18.2 Å². The average molecular weight is 503 g/mol. The Kier molecular flexibility index (Phi) is 7.86. The molecule has 4 rings (SSSR count). The zero-order valence-electron chi connectivity index (χ0n) is 19.7. The first-order valence-corrected chi connectivity index (χ1v) is 13.3. The number of carbonyl (C=O) groups excluding carboxylic acids is 1. The van der Waals surface area contributed by atoms with E-state index in [2.05, 4.69) is 30.9 Å². The second kappa shape index (κ2) is 11.4. The summed E-state index contributed by atoms with van der Waals surface area (Å²) in [5.74, 6) is 0.119. The number of nitrogens with zero attached hydrogens (tertiary/aromatic N) is 3. The lowest BCUT2D eigenvalue weighted by molar-refractivity contribution is 0.102. The zero-order chi connectivity index (χ0) is 25.4. The molecule has 4 aromatic rings. The topological polar surface area (TPSA) is 126 Å². The summed E-state index contributed by atoms with van der Waals surface area (Å²) in [5, 5.41) is 9.01. The number of amides is 1. The van der Waals surface area contributed by atoms with Crippen LogP contribution in [0.5, 0.6) is 0 Å². The average Bonchev–Trinajstić information content (AvgIpc) is 2.88. The Labute approximate surface area is 210 Å². The van der Waals surface area contributed by atoms with Crippen LogP contribution >= 0.6 is 0 Å². The molecule has 0 fully saturated rings. The smallest absolute Gasteiger partial charge is 0.257 e. The van der Waals surface area contributed by atoms with E-state index in [1.165, 1.54) is 12.5 Å². The van der Waals surface area contributed by atoms with E-state index in [-0.39, 0.29) is 11.8 Å². The molecule has 0 aliphatic heterocycles. The van der Waals surface area contributed by atoms with Gasteiger partial charge in [0.2, 0.25) is 5.95 Å². The number of anilines is 4. The number of pyridine rings is 1. The van der Waals surface area contributed by atoms with Crippen molar-refractivity contribution in [2.24, 2.45) is 0 Å². The van der Waals surface area contributed by atoms with E-state index in [0.717, 1.165) is 22.6 Å². The number of rotatable bonds is 10. The van der Waals surface area contributed by atoms with Crippen LogP contribution in [0.2, 0.25) is 0 Å². The Morgan fingerprint density at radius 3 is 2.42 bits per heavy atom. The minimum atomic E-state index is -3.13. The van der Waals surface area contributed by atoms with Gasteiger partial charge in [0, 0.05) is 47.6 Å². The molecule has 3 N–H and O–H groups in total. The van der Waals surface area contributed by atoms with Crippen LogP contribution in [0.3, 0.4) is 0 Å². The van der Waals surface area contributed by atoms with Crippen LogP contribution in [-0.4, -0.2) is 41.4 Å². The van der Waals surface area contributed by atoms with Crippen LogP contribution in [0.15, 0.2) is 85.3 Å². The van der Waals surface area contributed by atoms with E-state index in [0.29, 0.717) is 30.0 Å². The Balaban J connectivity index is 1.35. The lowest BCUT2D eigenvalue weighted by Gasteiger charge is -2.12. The highest BCUT2D eigenvalue weighted by atomic mass is 32.2. The maximum atomic E-state index is 12.3. The Morgan fingerprint density at radius 1 is 0.889 bits per heavy atom. The molecule has 0 aliphatic carbocycles. The van der Waals surface area contributed by atoms with Crippen molar-refractivity contribution in [3.05, 3.63) is 102 Å². The van der Waals surface area contributed by atoms with E-state index >= 15 is 0 Å². The summed E-state index contributed by atoms with van der Waals surface area (Å²) in [5.41, 5.74) is 4.59. The molecule has 1 amide bonds. The molecular weight excluding hydrogens is 476 g/mol. The molecular formula is C26H26N6O3S. The van der Waals surface area contributed by atoms with Gasteiger partial charge in [0.05, 0.1) is 5.56 Å². The molecule has 10 heteroatoms. The van der Waals surface area contributed by atoms with Gasteiger partial charge < -0.3 is 16.0 Å². The van der Waals surface area contributed by atoms with Crippen LogP contribution in [0, 0.1) is 0 Å². The molecule has 0 unspecified atom stereocenters. The van der Waals surface area contributed by atoms with Crippen LogP contribution in [0.25, 0.3) is 0 Å². The number of benzene rings is 2. The summed E-state index contributed by atoms with van der Waals surface area (Å²) >= 11 is 0. The van der Waals surface area contributed by atoms with Crippen LogP contribution in [-0.2, 0) is 22.7 Å². The summed E-state index contributed by atoms with van der Waals surface area (Å²) in [6.07, 6.45) is 7.38. The fourth-order valence-corrected chi connectivity index (χ4v) is 3.86. The third-order valence-electron chi connectivity index (χ3n) is 5.23. The molecule has 0 bridgehead atoms. The molecule has 2 heterocycles. The minimum absolute atomic E-state index is 0.114. The second-order valence-corrected chi connectivity index (χ2v) is 10.3. The quantitative estimate of drug-likeness (QED) is 0.296. The Hall–Kier alpha value is -4.31. The van der Waals surface area contributed by atoms with Crippen LogP contribution in [0.4, 0.5) is 23.0 Å². The molecule has 0 spiro atoms. The zero-order valence-corrected chi connectivity index (χ0v) is 20.5. The number of aryl methyl sites for hydroxylation is 2. The first-order chi connectivity index (χ1) is 17.4. The lowest BCUT2D eigenvalue weighted by atomic mass is 10.1. The number of sulfone groups is 1. The van der Waals surface area contributed by atoms with Gasteiger partial charge in [0.15, 0.2) is 9.84 Å². The molecule has 2 aromatic heterocycles. The normalized spacial score (nSPS) is 11.0. The van der Waals surface area contributed by atoms with Crippen molar-refractivity contribution in [3.8, 4) is 0 Å². The molecule has 0 aliphatic rings. The number of para-hydroxylation sites is 1. The fraction of sp³-hybridized carbons (Fsp3) is 0.154. The minimum Gasteiger partial charge on any atom is -0.371 e. The Bertz CT molecular complexity index is 1430. The summed E-state index contributed by atoms with van der Waals surface area (Å²) in [6, 6.07) is 20.2. The summed E-state index contributed by atoms with van der Waals surface area (Å²) in [4.78, 5) is 25.1. The molecule has 184 valence electrons. The van der Waals surface area contributed by atoms with Crippen molar-refractivity contribution >= 4 is 38.8 Å². The number of carbonyl (C=O) groups is 1. The molecule has 0 saturated heterocycles. The maximum absolute atomic E-state index is 12.3. The highest BCUT2D eigenvalue weighted by Gasteiger charge is 2.08. The van der Waals surface area contributed by atoms with E-state index in [1.807, 2.05) is 42.5 Å². The third kappa shape index (κ3) is 7.34. The molecule has 0 saturated carbocycles. The van der Waals surface area contributed by atoms with Crippen molar-refractivity contribution < 1.29 is 13.2 Å². The number of hydrogen-bond acceptors (Lipinski definition) is 8. The summed E-state index contributed by atoms with van der Waals surface area (Å²) in [7, 11) is -3.13. The number of nitrogens with one attached hydrogen (secondary N) is 3. The summed E-state index contributed by atoms with van der Waals surface area (Å²) < 4.78 is 23.0. The van der Waals surface area contributed by atoms with Crippen molar-refractivity contribution in [2.45, 2.75) is 12.8 Å². The van der Waals surface area contributed by atoms with Gasteiger partial charge in [-0.15, -0.1) is 0 Å². The van der Waals surface area contributed by atoms with E-state index in [1.54, 1.807) is 36.7 Å². The predicted octanol–water partition coefficient (Wildman–Crippen LogP) is 4.07. The highest BCUT2D eigenvalue weighted by Crippen LogP contribution is 2.20. The first-order valence-electron chi connectivity index (χ1n) is 11.3. The van der Waals surface area contributed by atoms with Gasteiger partial charge in [-0.25, -0.2) is 18.4 Å². The van der Waals surface area contributed by atoms with Crippen LogP contribution < -0.4 is 16.0 Å². The molecule has 36 heavy (non-hydrogen) atoms. The van der Waals surface area contributed by atoms with Gasteiger partial charge in [0.25, 0.3) is 5.91 Å². The summed E-state index contributed by atoms with van der Waals surface area (Å²) in [6.45, 7) is 0. The molecule has 9 nitrogen and oxygen atoms in total. The molecule has 0 radical (unpaired) electrons. The van der Waals surface area contributed by atoms with Gasteiger partial charge in [-0.05, 0) is 66.9 Å². The van der Waals surface area contributed by atoms with E-state index in [9.17, 15) is 13.2 Å². The van der Waals surface area contributed by atoms with Crippen molar-refractivity contribution in [1.29, 1.82) is 0 Å². The van der Waals surface area contributed by atoms with Crippen molar-refractivity contribution in [3.63, 3.8) is 0 Å². The fourth-order valence-electron chi connectivity index (χ4n) is 3.44. The molecule has 2 aromatic carbocycles. The third-order valence-corrected chi connectivity index (χ3v) is 5.90. The monoisotopic (exact) mass is 502 g/mol. The van der Waals surface area contributed by atoms with Gasteiger partial charge >= 0.3 is 0 Å². The highest BCUT2D eigenvalue weighted by molar-refractivity contribution is 7.90. The number of aromatic nitrogens is 3. The lowest BCUT2D eigenvalue weighted by Crippen LogP contribution is -2.13. The largest absolute Gasteiger partial charge is 0.371 e. The number of hydrogen-bond donors (Lipinski definition) is 3. The van der Waals surface area contributed by atoms with Gasteiger partial charge in [-0.2, -0.15) is 0 Å². The Morgan fingerprint density at radius 2 is 1.67 bits per heavy atom. The second-order valence-electron chi connectivity index (χ2n) is 8.17. The SMILES string of the molecule is CS(=O)(=O)CNc1ccccc1CCc1ccnc(Nc2ccc(NC(=O)c3cccnc3)cc2)n1. The van der Waals surface area contributed by atoms with E-state index in [4.69, 9.17) is 0 Å². The van der Waals surface area contributed by atoms with Crippen LogP contribution in [0.1, 0.15) is 21.6 Å². The van der Waals surface area contributed by atoms with Gasteiger partial charge in [0.1, 0.15) is 5.88 Å². The molecule has 0 atom stereocenters. The van der Waals surface area contributed by atoms with Crippen molar-refractivity contribution in [1.82, 2.24) is 15.0 Å². The predicted molar refractivity (Wildman–Crippen MR) is 141 cm³/mol. The standard InChI is InChI=1S/C26H26N6O3S/c1-36(34,35)18-29-24-7-3-2-5-19(24)8-9-23-14-16-28-26(32-23)31-22-12-10-21(11-13-22)30-25(33)20-6-4-15-27-17-20/h2-7,10-17,29H,8-9,18H2,1H3,(H,30,33)(H,28,31,32). The van der Waals surface area contributed by atoms with Gasteiger partial charge in [-0.3, -0.25) is 9.78 Å².